The highest BCUT2D eigenvalue weighted by molar-refractivity contribution is 9.10. The van der Waals surface area contributed by atoms with Gasteiger partial charge in [0.05, 0.1) is 12.5 Å². The first kappa shape index (κ1) is 14.1. The Labute approximate surface area is 120 Å². The molecule has 5 heteroatoms. The van der Waals surface area contributed by atoms with Crippen LogP contribution in [0.1, 0.15) is 31.4 Å². The number of amides is 1. The summed E-state index contributed by atoms with van der Waals surface area (Å²) in [6, 6.07) is 6.89. The molecule has 3 atom stereocenters. The van der Waals surface area contributed by atoms with E-state index in [9.17, 15) is 9.59 Å². The number of halogens is 1. The number of nitrogens with one attached hydrogen (secondary N) is 1. The predicted octanol–water partition coefficient (Wildman–Crippen LogP) is 2.74. The number of hydrogen-bond acceptors (Lipinski definition) is 2. The second kappa shape index (κ2) is 5.74. The Hall–Kier alpha value is -1.36. The van der Waals surface area contributed by atoms with Gasteiger partial charge < -0.3 is 10.4 Å². The molecule has 0 aromatic heterocycles. The fourth-order valence-corrected chi connectivity index (χ4v) is 2.53. The van der Waals surface area contributed by atoms with Gasteiger partial charge in [0.1, 0.15) is 0 Å². The smallest absolute Gasteiger partial charge is 0.305 e. The quantitative estimate of drug-likeness (QED) is 0.874. The van der Waals surface area contributed by atoms with Gasteiger partial charge in [0.2, 0.25) is 5.91 Å². The van der Waals surface area contributed by atoms with Crippen molar-refractivity contribution >= 4 is 27.8 Å². The molecule has 1 aliphatic rings. The fraction of sp³-hybridized carbons (Fsp3) is 0.429. The minimum Gasteiger partial charge on any atom is -0.481 e. The van der Waals surface area contributed by atoms with Gasteiger partial charge in [-0.3, -0.25) is 9.59 Å². The van der Waals surface area contributed by atoms with Gasteiger partial charge in [0.15, 0.2) is 0 Å². The number of aliphatic carboxylic acids is 1. The number of carboxylic acids is 1. The van der Waals surface area contributed by atoms with Gasteiger partial charge in [-0.2, -0.15) is 0 Å². The standard InChI is InChI=1S/C14H16BrNO3/c1-8-5-11(8)14(19)16-12(7-13(17)18)9-3-2-4-10(15)6-9/h2-4,6,8,11-12H,5,7H2,1H3,(H,16,19)(H,17,18)/t8-,11-,12+/m1/s1. The normalized spacial score (nSPS) is 22.6. The van der Waals surface area contributed by atoms with E-state index in [0.29, 0.717) is 5.92 Å². The van der Waals surface area contributed by atoms with Gasteiger partial charge in [-0.15, -0.1) is 0 Å². The Kier molecular flexibility index (Phi) is 4.24. The van der Waals surface area contributed by atoms with Crippen LogP contribution in [0.2, 0.25) is 0 Å². The van der Waals surface area contributed by atoms with Crippen molar-refractivity contribution < 1.29 is 14.7 Å². The van der Waals surface area contributed by atoms with Crippen LogP contribution in [0.25, 0.3) is 0 Å². The lowest BCUT2D eigenvalue weighted by Crippen LogP contribution is -2.31. The van der Waals surface area contributed by atoms with Crippen LogP contribution in [0, 0.1) is 11.8 Å². The summed E-state index contributed by atoms with van der Waals surface area (Å²) in [5.74, 6) is -0.510. The molecule has 19 heavy (non-hydrogen) atoms. The average Bonchev–Trinajstić information content (AvgIpc) is 3.05. The third-order valence-electron chi connectivity index (χ3n) is 3.39. The van der Waals surface area contributed by atoms with E-state index in [-0.39, 0.29) is 18.2 Å². The fourth-order valence-electron chi connectivity index (χ4n) is 2.12. The zero-order valence-corrected chi connectivity index (χ0v) is 12.2. The van der Waals surface area contributed by atoms with Crippen LogP contribution in [-0.4, -0.2) is 17.0 Å². The zero-order valence-electron chi connectivity index (χ0n) is 10.6. The van der Waals surface area contributed by atoms with Crippen LogP contribution in [-0.2, 0) is 9.59 Å². The van der Waals surface area contributed by atoms with Crippen LogP contribution in [0.15, 0.2) is 28.7 Å². The van der Waals surface area contributed by atoms with Crippen molar-refractivity contribution in [3.05, 3.63) is 34.3 Å². The molecule has 0 unspecified atom stereocenters. The Balaban J connectivity index is 2.11. The minimum atomic E-state index is -0.922. The molecule has 1 fully saturated rings. The predicted molar refractivity (Wildman–Crippen MR) is 74.5 cm³/mol. The Morgan fingerprint density at radius 1 is 1.53 bits per heavy atom. The van der Waals surface area contributed by atoms with E-state index in [1.54, 1.807) is 0 Å². The molecule has 1 saturated carbocycles. The lowest BCUT2D eigenvalue weighted by atomic mass is 10.0. The summed E-state index contributed by atoms with van der Waals surface area (Å²) >= 11 is 3.35. The second-order valence-electron chi connectivity index (χ2n) is 5.03. The molecule has 0 bridgehead atoms. The van der Waals surface area contributed by atoms with Crippen molar-refractivity contribution in [3.63, 3.8) is 0 Å². The van der Waals surface area contributed by atoms with E-state index in [1.807, 2.05) is 31.2 Å². The topological polar surface area (TPSA) is 66.4 Å². The molecule has 2 rings (SSSR count). The molecule has 102 valence electrons. The van der Waals surface area contributed by atoms with Crippen molar-refractivity contribution in [3.8, 4) is 0 Å². The molecule has 0 radical (unpaired) electrons. The molecular weight excluding hydrogens is 310 g/mol. The van der Waals surface area contributed by atoms with Crippen molar-refractivity contribution in [2.75, 3.05) is 0 Å². The Morgan fingerprint density at radius 3 is 2.74 bits per heavy atom. The highest BCUT2D eigenvalue weighted by atomic mass is 79.9. The van der Waals surface area contributed by atoms with Crippen LogP contribution in [0.4, 0.5) is 0 Å². The third kappa shape index (κ3) is 3.80. The number of carboxylic acid groups (broad SMARTS) is 1. The SMILES string of the molecule is C[C@@H]1C[C@H]1C(=O)N[C@@H](CC(=O)O)c1cccc(Br)c1. The highest BCUT2D eigenvalue weighted by Crippen LogP contribution is 2.38. The van der Waals surface area contributed by atoms with Crippen LogP contribution in [0.3, 0.4) is 0 Å². The largest absolute Gasteiger partial charge is 0.481 e. The van der Waals surface area contributed by atoms with E-state index < -0.39 is 12.0 Å². The third-order valence-corrected chi connectivity index (χ3v) is 3.89. The average molecular weight is 326 g/mol. The molecule has 0 aliphatic heterocycles. The van der Waals surface area contributed by atoms with E-state index in [2.05, 4.69) is 21.2 Å². The summed E-state index contributed by atoms with van der Waals surface area (Å²) in [5.41, 5.74) is 0.804. The van der Waals surface area contributed by atoms with Gasteiger partial charge in [-0.25, -0.2) is 0 Å². The number of benzene rings is 1. The van der Waals surface area contributed by atoms with Crippen molar-refractivity contribution in [2.24, 2.45) is 11.8 Å². The molecule has 1 amide bonds. The molecule has 0 heterocycles. The van der Waals surface area contributed by atoms with Crippen LogP contribution in [0.5, 0.6) is 0 Å². The highest BCUT2D eigenvalue weighted by Gasteiger charge is 2.40. The van der Waals surface area contributed by atoms with Gasteiger partial charge in [0, 0.05) is 10.4 Å². The lowest BCUT2D eigenvalue weighted by molar-refractivity contribution is -0.137. The summed E-state index contributed by atoms with van der Waals surface area (Å²) in [6.07, 6.45) is 0.785. The molecule has 2 N–H and O–H groups in total. The van der Waals surface area contributed by atoms with Crippen molar-refractivity contribution in [2.45, 2.75) is 25.8 Å². The maximum atomic E-state index is 12.0. The maximum Gasteiger partial charge on any atom is 0.305 e. The summed E-state index contributed by atoms with van der Waals surface area (Å²) in [4.78, 5) is 22.9. The van der Waals surface area contributed by atoms with Gasteiger partial charge in [-0.05, 0) is 30.0 Å². The molecule has 1 aromatic carbocycles. The van der Waals surface area contributed by atoms with Crippen molar-refractivity contribution in [1.82, 2.24) is 5.32 Å². The van der Waals surface area contributed by atoms with E-state index >= 15 is 0 Å². The van der Waals surface area contributed by atoms with E-state index in [1.165, 1.54) is 0 Å². The Morgan fingerprint density at radius 2 is 2.21 bits per heavy atom. The van der Waals surface area contributed by atoms with Gasteiger partial charge >= 0.3 is 5.97 Å². The lowest BCUT2D eigenvalue weighted by Gasteiger charge is -2.17. The van der Waals surface area contributed by atoms with Crippen LogP contribution < -0.4 is 5.32 Å². The first-order chi connectivity index (χ1) is 8.97. The first-order valence-corrected chi connectivity index (χ1v) is 7.04. The molecule has 1 aromatic rings. The van der Waals surface area contributed by atoms with Gasteiger partial charge in [-0.1, -0.05) is 35.0 Å². The minimum absolute atomic E-state index is 0.0428. The summed E-state index contributed by atoms with van der Waals surface area (Å²) in [5, 5.41) is 11.8. The number of rotatable bonds is 5. The first-order valence-electron chi connectivity index (χ1n) is 6.25. The van der Waals surface area contributed by atoms with Crippen LogP contribution >= 0.6 is 15.9 Å². The summed E-state index contributed by atoms with van der Waals surface area (Å²) in [6.45, 7) is 2.02. The van der Waals surface area contributed by atoms with E-state index in [0.717, 1.165) is 16.5 Å². The molecule has 0 saturated heterocycles. The number of carbonyl (C=O) groups is 2. The number of carbonyl (C=O) groups excluding carboxylic acids is 1. The molecule has 0 spiro atoms. The summed E-state index contributed by atoms with van der Waals surface area (Å²) < 4.78 is 0.870. The zero-order chi connectivity index (χ0) is 14.0. The molecule has 4 nitrogen and oxygen atoms in total. The monoisotopic (exact) mass is 325 g/mol. The number of hydrogen-bond donors (Lipinski definition) is 2. The molecule has 1 aliphatic carbocycles. The summed E-state index contributed by atoms with van der Waals surface area (Å²) in [7, 11) is 0. The maximum absolute atomic E-state index is 12.0. The van der Waals surface area contributed by atoms with Gasteiger partial charge in [0.25, 0.3) is 0 Å². The van der Waals surface area contributed by atoms with E-state index in [4.69, 9.17) is 5.11 Å². The molecular formula is C14H16BrNO3. The second-order valence-corrected chi connectivity index (χ2v) is 5.95. The van der Waals surface area contributed by atoms with Crippen molar-refractivity contribution in [1.29, 1.82) is 0 Å². The Bertz CT molecular complexity index is 503.